The van der Waals surface area contributed by atoms with Gasteiger partial charge in [0.05, 0.1) is 26.4 Å². The minimum absolute atomic E-state index is 0.106. The fraction of sp³-hybridized carbons (Fsp3) is 0.946. The van der Waals surface area contributed by atoms with Gasteiger partial charge in [0.2, 0.25) is 0 Å². The molecule has 0 amide bonds. The van der Waals surface area contributed by atoms with Crippen molar-refractivity contribution < 1.29 is 80.2 Å². The van der Waals surface area contributed by atoms with Gasteiger partial charge in [-0.15, -0.1) is 0 Å². The molecule has 19 heteroatoms. The first-order valence-electron chi connectivity index (χ1n) is 38.4. The summed E-state index contributed by atoms with van der Waals surface area (Å²) >= 11 is 0. The molecule has 0 aromatic rings. The highest BCUT2D eigenvalue weighted by atomic mass is 31.2. The summed E-state index contributed by atoms with van der Waals surface area (Å²) < 4.78 is 68.3. The Bertz CT molecular complexity index is 1820. The summed E-state index contributed by atoms with van der Waals surface area (Å²) in [5.41, 5.74) is 0. The minimum atomic E-state index is -4.95. The van der Waals surface area contributed by atoms with E-state index in [0.29, 0.717) is 31.6 Å². The zero-order valence-electron chi connectivity index (χ0n) is 60.7. The van der Waals surface area contributed by atoms with E-state index in [4.69, 9.17) is 37.0 Å². The average Bonchev–Trinajstić information content (AvgIpc) is 2.93. The molecule has 0 radical (unpaired) electrons. The molecule has 0 aromatic carbocycles. The maximum atomic E-state index is 13.0. The van der Waals surface area contributed by atoms with E-state index in [1.165, 1.54) is 180 Å². The van der Waals surface area contributed by atoms with Crippen LogP contribution in [0.1, 0.15) is 376 Å². The number of aliphatic hydroxyl groups excluding tert-OH is 1. The summed E-state index contributed by atoms with van der Waals surface area (Å²) in [6, 6.07) is 0. The molecule has 0 spiro atoms. The monoisotopic (exact) mass is 1370 g/mol. The Hall–Kier alpha value is -1.94. The molecule has 0 aliphatic carbocycles. The number of phosphoric acid groups is 2. The summed E-state index contributed by atoms with van der Waals surface area (Å²) in [5, 5.41) is 10.6. The lowest BCUT2D eigenvalue weighted by Crippen LogP contribution is -2.30. The summed E-state index contributed by atoms with van der Waals surface area (Å²) in [6.45, 7) is 11.8. The first-order chi connectivity index (χ1) is 44.8. The van der Waals surface area contributed by atoms with Crippen LogP contribution in [0.25, 0.3) is 0 Å². The molecule has 6 atom stereocenters. The van der Waals surface area contributed by atoms with Gasteiger partial charge in [0, 0.05) is 25.7 Å². The van der Waals surface area contributed by atoms with Crippen LogP contribution in [0.4, 0.5) is 0 Å². The van der Waals surface area contributed by atoms with E-state index in [9.17, 15) is 43.2 Å². The van der Waals surface area contributed by atoms with Crippen LogP contribution in [-0.2, 0) is 65.4 Å². The van der Waals surface area contributed by atoms with Gasteiger partial charge in [0.25, 0.3) is 0 Å². The van der Waals surface area contributed by atoms with Crippen molar-refractivity contribution >= 4 is 39.5 Å². The van der Waals surface area contributed by atoms with Crippen LogP contribution in [0.5, 0.6) is 0 Å². The normalized spacial score (nSPS) is 14.4. The summed E-state index contributed by atoms with van der Waals surface area (Å²) in [4.78, 5) is 72.6. The van der Waals surface area contributed by atoms with E-state index >= 15 is 0 Å². The predicted octanol–water partition coefficient (Wildman–Crippen LogP) is 21.4. The van der Waals surface area contributed by atoms with Crippen molar-refractivity contribution in [3.05, 3.63) is 0 Å². The highest BCUT2D eigenvalue weighted by molar-refractivity contribution is 7.47. The third-order valence-electron chi connectivity index (χ3n) is 17.5. The molecule has 552 valence electrons. The van der Waals surface area contributed by atoms with Crippen LogP contribution in [0.15, 0.2) is 0 Å². The highest BCUT2D eigenvalue weighted by Crippen LogP contribution is 2.45. The number of hydrogen-bond donors (Lipinski definition) is 3. The number of aliphatic hydroxyl groups is 1. The van der Waals surface area contributed by atoms with Gasteiger partial charge < -0.3 is 33.8 Å². The Morgan fingerprint density at radius 1 is 0.312 bits per heavy atom. The minimum Gasteiger partial charge on any atom is -0.462 e. The smallest absolute Gasteiger partial charge is 0.462 e. The van der Waals surface area contributed by atoms with Crippen LogP contribution in [-0.4, -0.2) is 96.7 Å². The number of carbonyl (C=O) groups excluding carboxylic acids is 4. The number of ether oxygens (including phenoxy) is 4. The second kappa shape index (κ2) is 64.7. The lowest BCUT2D eigenvalue weighted by molar-refractivity contribution is -0.161. The van der Waals surface area contributed by atoms with Gasteiger partial charge in [-0.2, -0.15) is 0 Å². The van der Waals surface area contributed by atoms with Crippen LogP contribution >= 0.6 is 15.6 Å². The van der Waals surface area contributed by atoms with E-state index in [0.717, 1.165) is 108 Å². The Labute approximate surface area is 568 Å². The van der Waals surface area contributed by atoms with Crippen molar-refractivity contribution in [3.8, 4) is 0 Å². The van der Waals surface area contributed by atoms with Crippen molar-refractivity contribution in [3.63, 3.8) is 0 Å². The molecule has 0 saturated carbocycles. The van der Waals surface area contributed by atoms with E-state index in [-0.39, 0.29) is 25.7 Å². The number of esters is 4. The van der Waals surface area contributed by atoms with Crippen molar-refractivity contribution in [1.82, 2.24) is 0 Å². The molecule has 0 heterocycles. The van der Waals surface area contributed by atoms with Gasteiger partial charge in [-0.25, -0.2) is 9.13 Å². The Morgan fingerprint density at radius 3 is 0.817 bits per heavy atom. The maximum Gasteiger partial charge on any atom is 0.472 e. The second-order valence-corrected chi connectivity index (χ2v) is 30.8. The third kappa shape index (κ3) is 67.0. The van der Waals surface area contributed by atoms with Crippen molar-refractivity contribution in [2.45, 2.75) is 394 Å². The molecule has 0 fully saturated rings. The Morgan fingerprint density at radius 2 is 0.548 bits per heavy atom. The van der Waals surface area contributed by atoms with Crippen LogP contribution < -0.4 is 0 Å². The van der Waals surface area contributed by atoms with Gasteiger partial charge in [-0.3, -0.25) is 37.3 Å². The summed E-state index contributed by atoms with van der Waals surface area (Å²) in [5.74, 6) is 0.153. The van der Waals surface area contributed by atoms with E-state index in [1.807, 2.05) is 0 Å². The van der Waals surface area contributed by atoms with Gasteiger partial charge in [-0.1, -0.05) is 325 Å². The Kier molecular flexibility index (Phi) is 63.4. The molecule has 93 heavy (non-hydrogen) atoms. The highest BCUT2D eigenvalue weighted by Gasteiger charge is 2.30. The summed E-state index contributed by atoms with van der Waals surface area (Å²) in [7, 11) is -9.90. The van der Waals surface area contributed by atoms with Gasteiger partial charge in [0.1, 0.15) is 19.3 Å². The third-order valence-corrected chi connectivity index (χ3v) is 19.4. The SMILES string of the molecule is CCCCCCCCCCCCCC(=O)O[C@H](COC(=O)CCCCCCCCC(C)C)COP(=O)(O)OC[C@H](O)COP(=O)(O)OC[C@@H](COC(=O)CCCCCCCCCCC(C)C)OC(=O)CCCCCCCCCCCCCCCCCCCCC(C)CC. The molecular formula is C74H144O17P2. The molecule has 0 aromatic heterocycles. The topological polar surface area (TPSA) is 237 Å². The largest absolute Gasteiger partial charge is 0.472 e. The van der Waals surface area contributed by atoms with E-state index < -0.39 is 97.5 Å². The molecule has 3 N–H and O–H groups in total. The van der Waals surface area contributed by atoms with Crippen LogP contribution in [0.3, 0.4) is 0 Å². The van der Waals surface area contributed by atoms with Gasteiger partial charge in [-0.05, 0) is 43.4 Å². The molecule has 0 rings (SSSR count). The lowest BCUT2D eigenvalue weighted by atomic mass is 9.99. The van der Waals surface area contributed by atoms with E-state index in [2.05, 4.69) is 48.5 Å². The quantitative estimate of drug-likeness (QED) is 0.0222. The average molecular weight is 1370 g/mol. The zero-order valence-corrected chi connectivity index (χ0v) is 62.5. The molecule has 17 nitrogen and oxygen atoms in total. The first kappa shape index (κ1) is 91.1. The number of phosphoric ester groups is 2. The van der Waals surface area contributed by atoms with Gasteiger partial charge >= 0.3 is 39.5 Å². The molecule has 3 unspecified atom stereocenters. The maximum absolute atomic E-state index is 13.0. The molecule has 0 aliphatic rings. The number of hydrogen-bond acceptors (Lipinski definition) is 15. The first-order valence-corrected chi connectivity index (χ1v) is 41.4. The van der Waals surface area contributed by atoms with Crippen molar-refractivity contribution in [1.29, 1.82) is 0 Å². The second-order valence-electron chi connectivity index (χ2n) is 27.9. The van der Waals surface area contributed by atoms with Crippen molar-refractivity contribution in [2.75, 3.05) is 39.6 Å². The lowest BCUT2D eigenvalue weighted by Gasteiger charge is -2.21. The fourth-order valence-corrected chi connectivity index (χ4v) is 12.8. The molecule has 0 saturated heterocycles. The van der Waals surface area contributed by atoms with Gasteiger partial charge in [0.15, 0.2) is 12.2 Å². The zero-order chi connectivity index (χ0) is 68.7. The van der Waals surface area contributed by atoms with Crippen molar-refractivity contribution in [2.24, 2.45) is 17.8 Å². The van der Waals surface area contributed by atoms with Crippen LogP contribution in [0, 0.1) is 17.8 Å². The standard InChI is InChI=1S/C74H144O17P2/c1-8-10-11-12-13-14-23-27-34-43-50-57-73(78)91-70(62-85-72(77)56-49-42-37-36-39-46-53-66(5)6)64-89-93(82,83)87-60-68(75)59-86-92(80,81)88-63-69(61-84-71(76)55-48-41-33-30-29-31-38-45-52-65(3)4)90-74(79)58-51-44-35-28-25-22-20-18-16-15-17-19-21-24-26-32-40-47-54-67(7)9-2/h65-70,75H,8-64H2,1-7H3,(H,80,81)(H,82,83)/t67?,68-,69-,70-/m1/s1. The summed E-state index contributed by atoms with van der Waals surface area (Å²) in [6.07, 6.45) is 50.2. The number of carbonyl (C=O) groups is 4. The molecular weight excluding hydrogens is 1220 g/mol. The molecule has 0 bridgehead atoms. The van der Waals surface area contributed by atoms with E-state index in [1.54, 1.807) is 0 Å². The fourth-order valence-electron chi connectivity index (χ4n) is 11.2. The predicted molar refractivity (Wildman–Crippen MR) is 377 cm³/mol. The number of rotatable bonds is 72. The molecule has 0 aliphatic heterocycles. The number of unbranched alkanes of at least 4 members (excludes halogenated alkanes) is 39. The van der Waals surface area contributed by atoms with Crippen LogP contribution in [0.2, 0.25) is 0 Å². The Balaban J connectivity index is 5.15.